The highest BCUT2D eigenvalue weighted by Crippen LogP contribution is 2.28. The zero-order valence-corrected chi connectivity index (χ0v) is 13.6. The third-order valence-electron chi connectivity index (χ3n) is 4.44. The van der Waals surface area contributed by atoms with Gasteiger partial charge in [0.25, 0.3) is 5.91 Å². The Hall–Kier alpha value is -2.27. The van der Waals surface area contributed by atoms with Crippen LogP contribution in [-0.2, 0) is 0 Å². The van der Waals surface area contributed by atoms with E-state index in [2.05, 4.69) is 0 Å². The van der Waals surface area contributed by atoms with E-state index in [4.69, 9.17) is 5.73 Å². The van der Waals surface area contributed by atoms with Gasteiger partial charge in [-0.15, -0.1) is 0 Å². The predicted octanol–water partition coefficient (Wildman–Crippen LogP) is 3.50. The van der Waals surface area contributed by atoms with Crippen LogP contribution in [0.1, 0.15) is 28.8 Å². The Balaban J connectivity index is 1.88. The number of likely N-dealkylation sites (tertiary alicyclic amines) is 1. The topological polar surface area (TPSA) is 46.3 Å². The fourth-order valence-electron chi connectivity index (χ4n) is 3.17. The van der Waals surface area contributed by atoms with Crippen molar-refractivity contribution in [3.63, 3.8) is 0 Å². The smallest absolute Gasteiger partial charge is 0.254 e. The van der Waals surface area contributed by atoms with Gasteiger partial charge in [-0.3, -0.25) is 4.79 Å². The summed E-state index contributed by atoms with van der Waals surface area (Å²) >= 11 is 0. The van der Waals surface area contributed by atoms with E-state index in [0.29, 0.717) is 35.3 Å². The Kier molecular flexibility index (Phi) is 4.62. The van der Waals surface area contributed by atoms with Gasteiger partial charge in [-0.2, -0.15) is 0 Å². The van der Waals surface area contributed by atoms with Crippen LogP contribution in [0.3, 0.4) is 0 Å². The lowest BCUT2D eigenvalue weighted by molar-refractivity contribution is 0.0708. The van der Waals surface area contributed by atoms with Crippen molar-refractivity contribution in [1.82, 2.24) is 4.90 Å². The summed E-state index contributed by atoms with van der Waals surface area (Å²) in [7, 11) is 0. The average molecular weight is 330 g/mol. The van der Waals surface area contributed by atoms with Gasteiger partial charge >= 0.3 is 0 Å². The number of carbonyl (C=O) groups excluding carboxylic acids is 1. The van der Waals surface area contributed by atoms with Crippen LogP contribution >= 0.6 is 0 Å². The molecule has 0 spiro atoms. The molecule has 1 atom stereocenters. The second-order valence-electron chi connectivity index (χ2n) is 6.31. The number of hydrogen-bond acceptors (Lipinski definition) is 2. The van der Waals surface area contributed by atoms with Gasteiger partial charge in [0.2, 0.25) is 0 Å². The fourth-order valence-corrected chi connectivity index (χ4v) is 3.17. The van der Waals surface area contributed by atoms with Gasteiger partial charge in [-0.25, -0.2) is 8.78 Å². The number of nitrogens with zero attached hydrogens (tertiary/aromatic N) is 1. The van der Waals surface area contributed by atoms with Crippen LogP contribution in [0.5, 0.6) is 0 Å². The molecule has 0 radical (unpaired) electrons. The summed E-state index contributed by atoms with van der Waals surface area (Å²) in [6.07, 6.45) is 1.77. The Morgan fingerprint density at radius 2 is 1.92 bits per heavy atom. The Morgan fingerprint density at radius 1 is 1.17 bits per heavy atom. The molecule has 0 saturated carbocycles. The van der Waals surface area contributed by atoms with Crippen molar-refractivity contribution < 1.29 is 13.6 Å². The van der Waals surface area contributed by atoms with Gasteiger partial charge in [0.15, 0.2) is 0 Å². The summed E-state index contributed by atoms with van der Waals surface area (Å²) in [6, 6.07) is 8.64. The molecule has 2 aromatic carbocycles. The molecular formula is C19H20F2N2O. The molecule has 2 N–H and O–H groups in total. The van der Waals surface area contributed by atoms with Crippen molar-refractivity contribution >= 4 is 5.91 Å². The normalized spacial score (nSPS) is 17.8. The monoisotopic (exact) mass is 330 g/mol. The van der Waals surface area contributed by atoms with Crippen LogP contribution in [0.25, 0.3) is 11.1 Å². The molecule has 24 heavy (non-hydrogen) atoms. The first kappa shape index (κ1) is 16.6. The molecule has 1 unspecified atom stereocenters. The largest absolute Gasteiger partial charge is 0.337 e. The number of aryl methyl sites for hydroxylation is 1. The van der Waals surface area contributed by atoms with Gasteiger partial charge in [0.05, 0.1) is 0 Å². The molecule has 5 heteroatoms. The fraction of sp³-hybridized carbons (Fsp3) is 0.316. The van der Waals surface area contributed by atoms with E-state index < -0.39 is 5.82 Å². The van der Waals surface area contributed by atoms with Crippen molar-refractivity contribution in [2.24, 2.45) is 5.73 Å². The van der Waals surface area contributed by atoms with E-state index in [1.54, 1.807) is 30.0 Å². The van der Waals surface area contributed by atoms with E-state index in [-0.39, 0.29) is 17.8 Å². The predicted molar refractivity (Wildman–Crippen MR) is 89.6 cm³/mol. The molecule has 1 amide bonds. The Labute approximate surface area is 140 Å². The number of amides is 1. The number of nitrogens with two attached hydrogens (primary N) is 1. The van der Waals surface area contributed by atoms with E-state index in [9.17, 15) is 13.6 Å². The third kappa shape index (κ3) is 3.31. The van der Waals surface area contributed by atoms with Crippen molar-refractivity contribution in [3.8, 4) is 11.1 Å². The van der Waals surface area contributed by atoms with Crippen LogP contribution in [0.2, 0.25) is 0 Å². The standard InChI is InChI=1S/C19H20F2N2O/c1-12-9-14(20)5-7-16(12)17-6-4-13(10-18(17)21)19(24)23-8-2-3-15(22)11-23/h4-7,9-10,15H,2-3,8,11,22H2,1H3. The quantitative estimate of drug-likeness (QED) is 0.916. The average Bonchev–Trinajstić information content (AvgIpc) is 2.55. The molecular weight excluding hydrogens is 310 g/mol. The van der Waals surface area contributed by atoms with Crippen LogP contribution in [0, 0.1) is 18.6 Å². The number of carbonyl (C=O) groups is 1. The third-order valence-corrected chi connectivity index (χ3v) is 4.44. The first-order chi connectivity index (χ1) is 11.5. The first-order valence-corrected chi connectivity index (χ1v) is 8.06. The summed E-state index contributed by atoms with van der Waals surface area (Å²) in [5.74, 6) is -1.05. The summed E-state index contributed by atoms with van der Waals surface area (Å²) in [6.45, 7) is 2.87. The SMILES string of the molecule is Cc1cc(F)ccc1-c1ccc(C(=O)N2CCCC(N)C2)cc1F. The number of halogens is 2. The Morgan fingerprint density at radius 3 is 2.58 bits per heavy atom. The molecule has 1 saturated heterocycles. The molecule has 0 aliphatic carbocycles. The van der Waals surface area contributed by atoms with Gasteiger partial charge in [-0.05, 0) is 55.2 Å². The lowest BCUT2D eigenvalue weighted by atomic mass is 9.98. The lowest BCUT2D eigenvalue weighted by Gasteiger charge is -2.30. The van der Waals surface area contributed by atoms with E-state index in [0.717, 1.165) is 12.8 Å². The zero-order valence-electron chi connectivity index (χ0n) is 13.6. The maximum Gasteiger partial charge on any atom is 0.254 e. The summed E-state index contributed by atoms with van der Waals surface area (Å²) < 4.78 is 27.7. The number of rotatable bonds is 2. The van der Waals surface area contributed by atoms with Crippen molar-refractivity contribution in [1.29, 1.82) is 0 Å². The van der Waals surface area contributed by atoms with Gasteiger partial charge in [-0.1, -0.05) is 12.1 Å². The second kappa shape index (κ2) is 6.69. The van der Waals surface area contributed by atoms with Crippen molar-refractivity contribution in [2.45, 2.75) is 25.8 Å². The highest BCUT2D eigenvalue weighted by molar-refractivity contribution is 5.95. The first-order valence-electron chi connectivity index (χ1n) is 8.06. The molecule has 1 aliphatic rings. The van der Waals surface area contributed by atoms with Crippen LogP contribution < -0.4 is 5.73 Å². The highest BCUT2D eigenvalue weighted by atomic mass is 19.1. The van der Waals surface area contributed by atoms with E-state index in [1.165, 1.54) is 18.2 Å². The minimum atomic E-state index is -0.489. The minimum absolute atomic E-state index is 0.0197. The number of benzene rings is 2. The summed E-state index contributed by atoms with van der Waals surface area (Å²) in [5.41, 5.74) is 7.84. The molecule has 1 aliphatic heterocycles. The van der Waals surface area contributed by atoms with Crippen LogP contribution in [-0.4, -0.2) is 29.9 Å². The molecule has 1 heterocycles. The zero-order chi connectivity index (χ0) is 17.3. The van der Waals surface area contributed by atoms with E-state index >= 15 is 0 Å². The van der Waals surface area contributed by atoms with Gasteiger partial charge in [0, 0.05) is 30.3 Å². The van der Waals surface area contributed by atoms with Gasteiger partial charge in [0.1, 0.15) is 11.6 Å². The maximum absolute atomic E-state index is 14.5. The molecule has 3 rings (SSSR count). The maximum atomic E-state index is 14.5. The van der Waals surface area contributed by atoms with E-state index in [1.807, 2.05) is 0 Å². The molecule has 2 aromatic rings. The van der Waals surface area contributed by atoms with Crippen LogP contribution in [0.4, 0.5) is 8.78 Å². The Bertz CT molecular complexity index is 776. The van der Waals surface area contributed by atoms with Crippen molar-refractivity contribution in [3.05, 3.63) is 59.2 Å². The summed E-state index contributed by atoms with van der Waals surface area (Å²) in [4.78, 5) is 14.2. The number of hydrogen-bond donors (Lipinski definition) is 1. The molecule has 126 valence electrons. The minimum Gasteiger partial charge on any atom is -0.337 e. The molecule has 0 aromatic heterocycles. The summed E-state index contributed by atoms with van der Waals surface area (Å²) in [5, 5.41) is 0. The highest BCUT2D eigenvalue weighted by Gasteiger charge is 2.23. The molecule has 3 nitrogen and oxygen atoms in total. The number of piperidine rings is 1. The molecule has 0 bridgehead atoms. The lowest BCUT2D eigenvalue weighted by Crippen LogP contribution is -2.45. The second-order valence-corrected chi connectivity index (χ2v) is 6.31. The van der Waals surface area contributed by atoms with Crippen LogP contribution in [0.15, 0.2) is 36.4 Å². The molecule has 1 fully saturated rings. The van der Waals surface area contributed by atoms with Gasteiger partial charge < -0.3 is 10.6 Å². The van der Waals surface area contributed by atoms with Crippen molar-refractivity contribution in [2.75, 3.05) is 13.1 Å².